The summed E-state index contributed by atoms with van der Waals surface area (Å²) < 4.78 is 22.4. The number of esters is 3. The van der Waals surface area contributed by atoms with Crippen LogP contribution in [0.4, 0.5) is 5.82 Å². The van der Waals surface area contributed by atoms with Crippen molar-refractivity contribution < 1.29 is 43.0 Å². The van der Waals surface area contributed by atoms with Crippen LogP contribution >= 0.6 is 0 Å². The van der Waals surface area contributed by atoms with Crippen molar-refractivity contribution >= 4 is 29.7 Å². The number of nitrogens with zero attached hydrogens (tertiary/aromatic N) is 2. The lowest BCUT2D eigenvalue weighted by atomic mass is 10.1. The summed E-state index contributed by atoms with van der Waals surface area (Å²) in [4.78, 5) is 68.5. The lowest BCUT2D eigenvalue weighted by molar-refractivity contribution is -0.164. The van der Waals surface area contributed by atoms with Crippen LogP contribution in [0.15, 0.2) is 29.2 Å². The monoisotopic (exact) mass is 475 g/mol. The van der Waals surface area contributed by atoms with Gasteiger partial charge in [-0.05, 0) is 6.92 Å². The molecule has 3 heterocycles. The van der Waals surface area contributed by atoms with Gasteiger partial charge in [0.15, 0.2) is 24.3 Å². The highest BCUT2D eigenvalue weighted by atomic mass is 16.7. The first kappa shape index (κ1) is 24.5. The van der Waals surface area contributed by atoms with Crippen molar-refractivity contribution in [1.82, 2.24) is 9.55 Å². The van der Waals surface area contributed by atoms with Crippen molar-refractivity contribution in [2.24, 2.45) is 5.92 Å². The third-order valence-electron chi connectivity index (χ3n) is 4.58. The van der Waals surface area contributed by atoms with Gasteiger partial charge in [0, 0.05) is 30.3 Å². The zero-order chi connectivity index (χ0) is 24.8. The molecule has 180 valence electrons. The molecule has 1 unspecified atom stereocenters. The van der Waals surface area contributed by atoms with E-state index in [0.717, 1.165) is 16.7 Å². The average molecular weight is 475 g/mol. The maximum Gasteiger partial charge on any atom is 0.384 e. The van der Waals surface area contributed by atoms with E-state index >= 15 is 0 Å². The third-order valence-corrected chi connectivity index (χ3v) is 4.58. The molecule has 0 radical (unpaired) electrons. The molecule has 1 saturated heterocycles. The first-order chi connectivity index (χ1) is 16.2. The number of fused-ring (bicyclic) bond motifs is 1. The highest BCUT2D eigenvalue weighted by Crippen LogP contribution is 2.34. The molecule has 0 bridgehead atoms. The van der Waals surface area contributed by atoms with E-state index in [1.807, 2.05) is 0 Å². The fourth-order valence-electron chi connectivity index (χ4n) is 3.00. The summed E-state index contributed by atoms with van der Waals surface area (Å²) in [6, 6.07) is 1.31. The van der Waals surface area contributed by atoms with Gasteiger partial charge in [0.1, 0.15) is 12.7 Å². The van der Waals surface area contributed by atoms with Crippen LogP contribution in [-0.4, -0.2) is 58.3 Å². The zero-order valence-electron chi connectivity index (χ0n) is 18.4. The predicted octanol–water partition coefficient (Wildman–Crippen LogP) is -0.373. The molecule has 0 amide bonds. The first-order valence-electron chi connectivity index (χ1n) is 10.1. The minimum absolute atomic E-state index is 0.0579. The Morgan fingerprint density at radius 3 is 2.47 bits per heavy atom. The van der Waals surface area contributed by atoms with Crippen LogP contribution in [0.2, 0.25) is 0 Å². The Hall–Kier alpha value is -4.18. The molecular weight excluding hydrogens is 454 g/mol. The molecule has 0 spiro atoms. The number of hydrogen-bond acceptors (Lipinski definition) is 12. The molecule has 2 aliphatic heterocycles. The molecule has 34 heavy (non-hydrogen) atoms. The van der Waals surface area contributed by atoms with E-state index in [-0.39, 0.29) is 5.82 Å². The van der Waals surface area contributed by atoms with Gasteiger partial charge in [-0.15, -0.1) is 0 Å². The van der Waals surface area contributed by atoms with Gasteiger partial charge in [0.05, 0.1) is 5.92 Å². The van der Waals surface area contributed by atoms with Gasteiger partial charge in [0.2, 0.25) is 0 Å². The largest absolute Gasteiger partial charge is 0.453 e. The Balaban J connectivity index is 1.86. The smallest absolute Gasteiger partial charge is 0.384 e. The maximum atomic E-state index is 12.7. The summed E-state index contributed by atoms with van der Waals surface area (Å²) in [5, 5.41) is 0. The minimum atomic E-state index is -1.28. The average Bonchev–Trinajstić information content (AvgIpc) is 3.09. The van der Waals surface area contributed by atoms with Gasteiger partial charge in [-0.3, -0.25) is 4.57 Å². The molecule has 1 aromatic rings. The quantitative estimate of drug-likeness (QED) is 0.187. The molecule has 0 aromatic carbocycles. The van der Waals surface area contributed by atoms with Gasteiger partial charge in [-0.2, -0.15) is 4.98 Å². The fourth-order valence-corrected chi connectivity index (χ4v) is 3.00. The lowest BCUT2D eigenvalue weighted by Gasteiger charge is -2.25. The normalized spacial score (nSPS) is 24.4. The van der Waals surface area contributed by atoms with Crippen LogP contribution in [0.1, 0.15) is 27.0 Å². The summed E-state index contributed by atoms with van der Waals surface area (Å²) in [5.74, 6) is 0.984. The summed E-state index contributed by atoms with van der Waals surface area (Å²) in [5.41, 5.74) is 1.42. The molecule has 4 atom stereocenters. The molecule has 2 aliphatic rings. The Bertz CT molecular complexity index is 1130. The number of anilines is 1. The molecular formula is C21H21N3O10. The second-order valence-corrected chi connectivity index (χ2v) is 7.36. The van der Waals surface area contributed by atoms with E-state index in [0.29, 0.717) is 0 Å². The van der Waals surface area contributed by atoms with Crippen LogP contribution in [0.3, 0.4) is 0 Å². The highest BCUT2D eigenvalue weighted by Gasteiger charge is 2.51. The Kier molecular flexibility index (Phi) is 7.64. The zero-order valence-corrected chi connectivity index (χ0v) is 18.4. The Morgan fingerprint density at radius 1 is 1.18 bits per heavy atom. The summed E-state index contributed by atoms with van der Waals surface area (Å²) in [6.45, 7) is 4.31. The second kappa shape index (κ2) is 10.6. The van der Waals surface area contributed by atoms with Crippen LogP contribution < -0.4 is 11.2 Å². The number of aromatic nitrogens is 2. The lowest BCUT2D eigenvalue weighted by Crippen LogP contribution is -2.43. The molecule has 1 fully saturated rings. The molecule has 1 aromatic heterocycles. The number of nitrogens with one attached hydrogen (secondary N) is 1. The van der Waals surface area contributed by atoms with Gasteiger partial charge < -0.3 is 23.8 Å². The molecule has 13 heteroatoms. The molecule has 0 aliphatic carbocycles. The topological polar surface area (TPSA) is 161 Å². The SMILES string of the molecule is CC#CC(=O)OCC1O[C@@H](n2ccc(NOC(=O)C(C)C)nc2=O)[C@@H]2OC(=O)/C=C\C(=O)O[C@H]12. The van der Waals surface area contributed by atoms with Crippen molar-refractivity contribution in [3.63, 3.8) is 0 Å². The number of hydrogen-bond donors (Lipinski definition) is 1. The predicted molar refractivity (Wildman–Crippen MR) is 110 cm³/mol. The van der Waals surface area contributed by atoms with Crippen LogP contribution in [0.25, 0.3) is 0 Å². The van der Waals surface area contributed by atoms with Gasteiger partial charge in [-0.25, -0.2) is 29.5 Å². The van der Waals surface area contributed by atoms with E-state index in [1.165, 1.54) is 19.2 Å². The molecule has 0 saturated carbocycles. The van der Waals surface area contributed by atoms with E-state index in [2.05, 4.69) is 22.3 Å². The maximum absolute atomic E-state index is 12.7. The molecule has 13 nitrogen and oxygen atoms in total. The van der Waals surface area contributed by atoms with E-state index in [4.69, 9.17) is 23.8 Å². The minimum Gasteiger partial charge on any atom is -0.453 e. The molecule has 3 rings (SSSR count). The summed E-state index contributed by atoms with van der Waals surface area (Å²) >= 11 is 0. The Morgan fingerprint density at radius 2 is 1.85 bits per heavy atom. The van der Waals surface area contributed by atoms with E-state index in [9.17, 15) is 24.0 Å². The number of rotatable bonds is 6. The fraction of sp³-hybridized carbons (Fsp3) is 0.429. The third kappa shape index (κ3) is 5.78. The Labute approximate surface area is 192 Å². The standard InChI is InChI=1S/C21H21N3O10/c1-4-5-14(25)30-10-12-17-18(33-16(27)7-6-15(26)32-17)19(31-12)24-9-8-13(22-21(24)29)23-34-20(28)11(2)3/h6-9,11-12,17-19H,10H2,1-3H3,(H,22,23,29)/b7-6-/t12?,17-,18-,19-/m1/s1. The first-order valence-corrected chi connectivity index (χ1v) is 10.1. The molecule has 1 N–H and O–H groups in total. The van der Waals surface area contributed by atoms with Gasteiger partial charge in [-0.1, -0.05) is 19.8 Å². The van der Waals surface area contributed by atoms with Crippen molar-refractivity contribution in [2.75, 3.05) is 12.1 Å². The van der Waals surface area contributed by atoms with E-state index < -0.39 is 66.6 Å². The number of ether oxygens (including phenoxy) is 4. The number of carbonyl (C=O) groups is 4. The van der Waals surface area contributed by atoms with Gasteiger partial charge in [0.25, 0.3) is 0 Å². The van der Waals surface area contributed by atoms with Crippen molar-refractivity contribution in [1.29, 1.82) is 0 Å². The van der Waals surface area contributed by atoms with Crippen molar-refractivity contribution in [3.8, 4) is 11.8 Å². The van der Waals surface area contributed by atoms with E-state index in [1.54, 1.807) is 13.8 Å². The van der Waals surface area contributed by atoms with Crippen molar-refractivity contribution in [2.45, 2.75) is 45.3 Å². The second-order valence-electron chi connectivity index (χ2n) is 7.36. The van der Waals surface area contributed by atoms with Crippen LogP contribution in [0, 0.1) is 17.8 Å². The summed E-state index contributed by atoms with van der Waals surface area (Å²) in [6.07, 6.45) is -1.82. The van der Waals surface area contributed by atoms with Crippen molar-refractivity contribution in [3.05, 3.63) is 34.9 Å². The number of carbonyl (C=O) groups excluding carboxylic acids is 4. The van der Waals surface area contributed by atoms with Crippen LogP contribution in [-0.2, 0) is 43.0 Å². The van der Waals surface area contributed by atoms with Crippen LogP contribution in [0.5, 0.6) is 0 Å². The summed E-state index contributed by atoms with van der Waals surface area (Å²) in [7, 11) is 0. The highest BCUT2D eigenvalue weighted by molar-refractivity contribution is 5.92. The van der Waals surface area contributed by atoms with Gasteiger partial charge >= 0.3 is 29.6 Å².